The molecule has 1 saturated heterocycles. The normalized spacial score (nSPS) is 38.6. The number of fused-ring (bicyclic) bond motifs is 4. The first-order valence-electron chi connectivity index (χ1n) is 6.42. The molecule has 0 aromatic heterocycles. The maximum Gasteiger partial charge on any atom is 0.261 e. The Kier molecular flexibility index (Phi) is 1.94. The minimum absolute atomic E-state index is 0.00167. The molecule has 1 aromatic rings. The number of ketones is 1. The van der Waals surface area contributed by atoms with E-state index in [1.165, 1.54) is 6.07 Å². The molecular formula is C14H14FNO3. The highest BCUT2D eigenvalue weighted by atomic mass is 19.1. The molecule has 1 aromatic carbocycles. The van der Waals surface area contributed by atoms with Crippen molar-refractivity contribution in [1.82, 2.24) is 4.90 Å². The van der Waals surface area contributed by atoms with Crippen LogP contribution in [0.4, 0.5) is 4.39 Å². The van der Waals surface area contributed by atoms with Crippen LogP contribution in [0.1, 0.15) is 6.92 Å². The van der Waals surface area contributed by atoms with Crippen LogP contribution in [0.5, 0.6) is 11.5 Å². The average Bonchev–Trinajstić information content (AvgIpc) is 2.72. The summed E-state index contributed by atoms with van der Waals surface area (Å²) in [4.78, 5) is 13.8. The lowest BCUT2D eigenvalue weighted by molar-refractivity contribution is -0.124. The molecule has 1 spiro atoms. The summed E-state index contributed by atoms with van der Waals surface area (Å²) in [5.74, 6) is -0.350. The second kappa shape index (κ2) is 3.28. The SMILES string of the molecule is CC(=O)[C@@H]1[C@@H]2[C@H](CN1C)C21Oc2cccc(F)c2O1. The van der Waals surface area contributed by atoms with E-state index in [0.717, 1.165) is 6.54 Å². The van der Waals surface area contributed by atoms with Gasteiger partial charge in [0.2, 0.25) is 5.75 Å². The van der Waals surface area contributed by atoms with Crippen LogP contribution in [0.3, 0.4) is 0 Å². The summed E-state index contributed by atoms with van der Waals surface area (Å²) in [7, 11) is 1.93. The number of para-hydroxylation sites is 1. The zero-order chi connectivity index (χ0) is 13.4. The standard InChI is InChI=1S/C14H14FNO3/c1-7(17)12-11-8(6-16(12)2)14(11)18-10-5-3-4-9(15)13(10)19-14/h3-5,8,11-12H,6H2,1-2H3/t8-,11-,12+,14?/m0/s1. The number of Topliss-reactive ketones (excluding diaryl/α,β-unsaturated/α-hetero) is 1. The van der Waals surface area contributed by atoms with Crippen molar-refractivity contribution >= 4 is 5.78 Å². The van der Waals surface area contributed by atoms with Gasteiger partial charge >= 0.3 is 0 Å². The van der Waals surface area contributed by atoms with Crippen molar-refractivity contribution in [2.75, 3.05) is 13.6 Å². The summed E-state index contributed by atoms with van der Waals surface area (Å²) in [6, 6.07) is 4.47. The van der Waals surface area contributed by atoms with Gasteiger partial charge in [-0.2, -0.15) is 0 Å². The number of likely N-dealkylation sites (tertiary alicyclic amines) is 1. The number of hydrogen-bond acceptors (Lipinski definition) is 4. The van der Waals surface area contributed by atoms with Gasteiger partial charge in [-0.25, -0.2) is 4.39 Å². The summed E-state index contributed by atoms with van der Waals surface area (Å²) in [5, 5.41) is 0. The quantitative estimate of drug-likeness (QED) is 0.768. The summed E-state index contributed by atoms with van der Waals surface area (Å²) in [6.07, 6.45) is 0. The van der Waals surface area contributed by atoms with E-state index in [4.69, 9.17) is 9.47 Å². The molecule has 0 N–H and O–H groups in total. The Morgan fingerprint density at radius 3 is 2.95 bits per heavy atom. The number of ether oxygens (including phenoxy) is 2. The summed E-state index contributed by atoms with van der Waals surface area (Å²) < 4.78 is 25.3. The number of halogens is 1. The number of piperidine rings is 1. The zero-order valence-electron chi connectivity index (χ0n) is 10.7. The Bertz CT molecular complexity index is 590. The van der Waals surface area contributed by atoms with Gasteiger partial charge in [-0.05, 0) is 26.1 Å². The van der Waals surface area contributed by atoms with E-state index in [2.05, 4.69) is 0 Å². The van der Waals surface area contributed by atoms with Crippen LogP contribution in [0.2, 0.25) is 0 Å². The molecule has 2 aliphatic heterocycles. The van der Waals surface area contributed by atoms with Gasteiger partial charge in [0.25, 0.3) is 5.79 Å². The zero-order valence-corrected chi connectivity index (χ0v) is 10.7. The number of carbonyl (C=O) groups excluding carboxylic acids is 1. The second-order valence-corrected chi connectivity index (χ2v) is 5.62. The van der Waals surface area contributed by atoms with Crippen LogP contribution in [0, 0.1) is 17.7 Å². The lowest BCUT2D eigenvalue weighted by Crippen LogP contribution is -2.44. The molecule has 2 fully saturated rings. The lowest BCUT2D eigenvalue weighted by Gasteiger charge is -2.25. The third-order valence-electron chi connectivity index (χ3n) is 4.48. The van der Waals surface area contributed by atoms with Crippen molar-refractivity contribution in [3.8, 4) is 11.5 Å². The van der Waals surface area contributed by atoms with Crippen molar-refractivity contribution in [3.63, 3.8) is 0 Å². The van der Waals surface area contributed by atoms with E-state index in [9.17, 15) is 9.18 Å². The van der Waals surface area contributed by atoms with Gasteiger partial charge < -0.3 is 9.47 Å². The van der Waals surface area contributed by atoms with Crippen LogP contribution in [0.15, 0.2) is 18.2 Å². The number of rotatable bonds is 1. The molecular weight excluding hydrogens is 249 g/mol. The Morgan fingerprint density at radius 1 is 1.47 bits per heavy atom. The fourth-order valence-corrected chi connectivity index (χ4v) is 3.68. The van der Waals surface area contributed by atoms with Crippen molar-refractivity contribution < 1.29 is 18.7 Å². The van der Waals surface area contributed by atoms with E-state index in [1.807, 2.05) is 11.9 Å². The van der Waals surface area contributed by atoms with Crippen molar-refractivity contribution in [1.29, 1.82) is 0 Å². The highest BCUT2D eigenvalue weighted by molar-refractivity contribution is 5.83. The van der Waals surface area contributed by atoms with E-state index in [-0.39, 0.29) is 29.4 Å². The summed E-state index contributed by atoms with van der Waals surface area (Å²) in [6.45, 7) is 2.32. The van der Waals surface area contributed by atoms with E-state index in [0.29, 0.717) is 5.75 Å². The Balaban J connectivity index is 1.68. The molecule has 100 valence electrons. The first-order chi connectivity index (χ1) is 9.04. The van der Waals surface area contributed by atoms with Gasteiger partial charge in [0.1, 0.15) is 5.78 Å². The highest BCUT2D eigenvalue weighted by Crippen LogP contribution is 2.65. The van der Waals surface area contributed by atoms with E-state index in [1.54, 1.807) is 19.1 Å². The molecule has 1 aliphatic carbocycles. The molecule has 4 rings (SSSR count). The molecule has 3 aliphatic rings. The Hall–Kier alpha value is -1.62. The van der Waals surface area contributed by atoms with Gasteiger partial charge in [-0.3, -0.25) is 9.69 Å². The lowest BCUT2D eigenvalue weighted by atomic mass is 10.1. The predicted octanol–water partition coefficient (Wildman–Crippen LogP) is 1.44. The third kappa shape index (κ3) is 1.23. The highest BCUT2D eigenvalue weighted by Gasteiger charge is 2.79. The fourth-order valence-electron chi connectivity index (χ4n) is 3.68. The molecule has 0 bridgehead atoms. The molecule has 19 heavy (non-hydrogen) atoms. The predicted molar refractivity (Wildman–Crippen MR) is 64.5 cm³/mol. The van der Waals surface area contributed by atoms with E-state index < -0.39 is 11.6 Å². The van der Waals surface area contributed by atoms with Gasteiger partial charge in [0, 0.05) is 6.54 Å². The number of nitrogens with zero attached hydrogens (tertiary/aromatic N) is 1. The van der Waals surface area contributed by atoms with Gasteiger partial charge in [-0.1, -0.05) is 6.07 Å². The number of likely N-dealkylation sites (N-methyl/N-ethyl adjacent to an activating group) is 1. The number of hydrogen-bond donors (Lipinski definition) is 0. The van der Waals surface area contributed by atoms with Crippen LogP contribution < -0.4 is 9.47 Å². The van der Waals surface area contributed by atoms with Crippen LogP contribution in [-0.4, -0.2) is 36.1 Å². The van der Waals surface area contributed by atoms with Crippen molar-refractivity contribution in [2.24, 2.45) is 11.8 Å². The number of benzene rings is 1. The molecule has 4 nitrogen and oxygen atoms in total. The fraction of sp³-hybridized carbons (Fsp3) is 0.500. The van der Waals surface area contributed by atoms with Crippen LogP contribution in [0.25, 0.3) is 0 Å². The van der Waals surface area contributed by atoms with Crippen molar-refractivity contribution in [2.45, 2.75) is 18.8 Å². The minimum Gasteiger partial charge on any atom is -0.448 e. The van der Waals surface area contributed by atoms with Gasteiger partial charge in [0.05, 0.1) is 17.9 Å². The van der Waals surface area contributed by atoms with E-state index >= 15 is 0 Å². The Morgan fingerprint density at radius 2 is 2.26 bits per heavy atom. The molecule has 2 heterocycles. The largest absolute Gasteiger partial charge is 0.448 e. The smallest absolute Gasteiger partial charge is 0.261 e. The van der Waals surface area contributed by atoms with Crippen LogP contribution in [-0.2, 0) is 4.79 Å². The molecule has 4 atom stereocenters. The second-order valence-electron chi connectivity index (χ2n) is 5.62. The molecule has 5 heteroatoms. The minimum atomic E-state index is -0.812. The van der Waals surface area contributed by atoms with Crippen LogP contribution >= 0.6 is 0 Å². The number of carbonyl (C=O) groups is 1. The first-order valence-corrected chi connectivity index (χ1v) is 6.42. The Labute approximate surface area is 110 Å². The molecule has 0 amide bonds. The summed E-state index contributed by atoms with van der Waals surface area (Å²) >= 11 is 0. The van der Waals surface area contributed by atoms with Gasteiger partial charge in [0.15, 0.2) is 11.6 Å². The van der Waals surface area contributed by atoms with Gasteiger partial charge in [-0.15, -0.1) is 0 Å². The monoisotopic (exact) mass is 263 g/mol. The summed E-state index contributed by atoms with van der Waals surface area (Å²) in [5.41, 5.74) is 0. The first kappa shape index (κ1) is 11.2. The topological polar surface area (TPSA) is 38.8 Å². The molecule has 1 saturated carbocycles. The third-order valence-corrected chi connectivity index (χ3v) is 4.48. The maximum atomic E-state index is 13.7. The average molecular weight is 263 g/mol. The molecule has 0 radical (unpaired) electrons. The van der Waals surface area contributed by atoms with Crippen molar-refractivity contribution in [3.05, 3.63) is 24.0 Å². The maximum absolute atomic E-state index is 13.7. The molecule has 1 unspecified atom stereocenters.